The number of carbonyl (C=O) groups excluding carboxylic acids is 1. The van der Waals surface area contributed by atoms with E-state index in [-0.39, 0.29) is 6.61 Å². The van der Waals surface area contributed by atoms with E-state index in [0.29, 0.717) is 6.61 Å². The molecule has 0 aliphatic rings. The molecule has 5 nitrogen and oxygen atoms in total. The molecule has 0 aliphatic carbocycles. The van der Waals surface area contributed by atoms with Crippen LogP contribution in [-0.4, -0.2) is 42.1 Å². The second-order valence-corrected chi connectivity index (χ2v) is 3.97. The van der Waals surface area contributed by atoms with Gasteiger partial charge in [-0.3, -0.25) is 0 Å². The number of ether oxygens (including phenoxy) is 2. The van der Waals surface area contributed by atoms with E-state index in [1.165, 1.54) is 6.08 Å². The average molecular weight is 278 g/mol. The van der Waals surface area contributed by atoms with Crippen molar-refractivity contribution in [2.45, 2.75) is 6.10 Å². The van der Waals surface area contributed by atoms with Crippen molar-refractivity contribution >= 4 is 12.0 Å². The number of carbonyl (C=O) groups is 1. The van der Waals surface area contributed by atoms with Crippen LogP contribution in [0.4, 0.5) is 0 Å². The van der Waals surface area contributed by atoms with Gasteiger partial charge in [0.15, 0.2) is 0 Å². The first-order valence-electron chi connectivity index (χ1n) is 6.13. The summed E-state index contributed by atoms with van der Waals surface area (Å²) in [6, 6.07) is 7.16. The zero-order valence-electron chi connectivity index (χ0n) is 11.1. The first kappa shape index (κ1) is 15.9. The van der Waals surface area contributed by atoms with Gasteiger partial charge in [0, 0.05) is 6.08 Å². The fourth-order valence-corrected chi connectivity index (χ4v) is 1.27. The van der Waals surface area contributed by atoms with Gasteiger partial charge in [0.05, 0.1) is 6.61 Å². The fraction of sp³-hybridized carbons (Fsp3) is 0.267. The van der Waals surface area contributed by atoms with Gasteiger partial charge in [0.2, 0.25) is 0 Å². The van der Waals surface area contributed by atoms with Gasteiger partial charge in [-0.05, 0) is 23.8 Å². The largest absolute Gasteiger partial charge is 0.490 e. The molecule has 5 heteroatoms. The Kier molecular flexibility index (Phi) is 7.10. The molecular formula is C15H18O5. The van der Waals surface area contributed by atoms with Crippen LogP contribution in [0.3, 0.4) is 0 Å². The van der Waals surface area contributed by atoms with E-state index in [0.717, 1.165) is 11.3 Å². The van der Waals surface area contributed by atoms with Crippen LogP contribution in [0.15, 0.2) is 43.0 Å². The maximum Gasteiger partial charge on any atom is 0.330 e. The number of hydrogen-bond donors (Lipinski definition) is 2. The van der Waals surface area contributed by atoms with Crippen molar-refractivity contribution in [2.75, 3.05) is 19.8 Å². The van der Waals surface area contributed by atoms with Crippen LogP contribution in [0.5, 0.6) is 5.75 Å². The van der Waals surface area contributed by atoms with Gasteiger partial charge in [0.1, 0.15) is 25.1 Å². The molecule has 0 aliphatic heterocycles. The van der Waals surface area contributed by atoms with Gasteiger partial charge in [-0.1, -0.05) is 24.8 Å². The molecule has 0 aromatic heterocycles. The van der Waals surface area contributed by atoms with Crippen molar-refractivity contribution in [3.8, 4) is 5.75 Å². The quantitative estimate of drug-likeness (QED) is 0.424. The van der Waals surface area contributed by atoms with Crippen LogP contribution in [0, 0.1) is 0 Å². The van der Waals surface area contributed by atoms with E-state index in [1.807, 2.05) is 0 Å². The van der Waals surface area contributed by atoms with Crippen LogP contribution in [0.25, 0.3) is 6.08 Å². The molecule has 0 heterocycles. The van der Waals surface area contributed by atoms with Gasteiger partial charge in [-0.15, -0.1) is 0 Å². The number of aliphatic hydroxyl groups is 2. The molecule has 1 aromatic rings. The topological polar surface area (TPSA) is 76.0 Å². The molecule has 0 bridgehead atoms. The van der Waals surface area contributed by atoms with E-state index in [1.54, 1.807) is 36.4 Å². The highest BCUT2D eigenvalue weighted by molar-refractivity contribution is 5.87. The molecule has 0 radical (unpaired) electrons. The third-order valence-electron chi connectivity index (χ3n) is 2.29. The van der Waals surface area contributed by atoms with Crippen LogP contribution in [0.1, 0.15) is 5.56 Å². The molecule has 1 atom stereocenters. The molecule has 0 unspecified atom stereocenters. The van der Waals surface area contributed by atoms with Gasteiger partial charge < -0.3 is 19.7 Å². The maximum absolute atomic E-state index is 11.3. The predicted octanol–water partition coefficient (Wildman–Crippen LogP) is 1.16. The number of esters is 1. The van der Waals surface area contributed by atoms with Crippen LogP contribution in [-0.2, 0) is 9.53 Å². The van der Waals surface area contributed by atoms with Crippen molar-refractivity contribution in [3.05, 3.63) is 48.6 Å². The first-order chi connectivity index (χ1) is 9.65. The minimum Gasteiger partial charge on any atom is -0.490 e. The Labute approximate surface area is 117 Å². The molecule has 0 saturated heterocycles. The zero-order valence-corrected chi connectivity index (χ0v) is 11.1. The highest BCUT2D eigenvalue weighted by atomic mass is 16.5. The van der Waals surface area contributed by atoms with Crippen molar-refractivity contribution < 1.29 is 24.5 Å². The van der Waals surface area contributed by atoms with Gasteiger partial charge in [-0.2, -0.15) is 0 Å². The lowest BCUT2D eigenvalue weighted by molar-refractivity contribution is -0.141. The Hall–Kier alpha value is -2.11. The van der Waals surface area contributed by atoms with Crippen molar-refractivity contribution in [1.29, 1.82) is 0 Å². The average Bonchev–Trinajstić information content (AvgIpc) is 2.49. The molecule has 108 valence electrons. The summed E-state index contributed by atoms with van der Waals surface area (Å²) >= 11 is 0. The van der Waals surface area contributed by atoms with E-state index in [4.69, 9.17) is 19.7 Å². The minimum atomic E-state index is -1.05. The van der Waals surface area contributed by atoms with E-state index in [2.05, 4.69) is 6.58 Å². The van der Waals surface area contributed by atoms with Crippen LogP contribution in [0.2, 0.25) is 0 Å². The molecule has 0 amide bonds. The zero-order chi connectivity index (χ0) is 14.8. The van der Waals surface area contributed by atoms with Crippen LogP contribution >= 0.6 is 0 Å². The summed E-state index contributed by atoms with van der Waals surface area (Å²) in [4.78, 5) is 11.3. The maximum atomic E-state index is 11.3. The summed E-state index contributed by atoms with van der Waals surface area (Å²) in [5, 5.41) is 17.6. The molecule has 2 N–H and O–H groups in total. The smallest absolute Gasteiger partial charge is 0.330 e. The van der Waals surface area contributed by atoms with Crippen molar-refractivity contribution in [3.63, 3.8) is 0 Å². The summed E-state index contributed by atoms with van der Waals surface area (Å²) in [6.45, 7) is 3.33. The van der Waals surface area contributed by atoms with Crippen molar-refractivity contribution in [1.82, 2.24) is 0 Å². The summed E-state index contributed by atoms with van der Waals surface area (Å²) < 4.78 is 10.0. The monoisotopic (exact) mass is 278 g/mol. The number of rotatable bonds is 8. The standard InChI is InChI=1S/C15H18O5/c1-2-9-19-14-6-3-12(4-7-14)5-8-15(18)20-11-13(17)10-16/h2-8,13,16-17H,1,9-11H2/b8-5+/t13-/m0/s1. The SMILES string of the molecule is C=CCOc1ccc(/C=C/C(=O)OC[C@@H](O)CO)cc1. The second kappa shape index (κ2) is 8.90. The molecule has 1 rings (SSSR count). The Bertz CT molecular complexity index is 450. The number of hydrogen-bond acceptors (Lipinski definition) is 5. The lowest BCUT2D eigenvalue weighted by atomic mass is 10.2. The van der Waals surface area contributed by atoms with Gasteiger partial charge in [0.25, 0.3) is 0 Å². The Morgan fingerprint density at radius 1 is 1.35 bits per heavy atom. The molecular weight excluding hydrogens is 260 g/mol. The summed E-state index contributed by atoms with van der Waals surface area (Å²) in [5.41, 5.74) is 0.815. The third-order valence-corrected chi connectivity index (χ3v) is 2.29. The normalized spacial score (nSPS) is 12.1. The minimum absolute atomic E-state index is 0.228. The summed E-state index contributed by atoms with van der Waals surface area (Å²) in [6.07, 6.45) is 3.45. The predicted molar refractivity (Wildman–Crippen MR) is 75.2 cm³/mol. The lowest BCUT2D eigenvalue weighted by Gasteiger charge is -2.06. The number of aliphatic hydroxyl groups excluding tert-OH is 2. The molecule has 0 spiro atoms. The highest BCUT2D eigenvalue weighted by Gasteiger charge is 2.04. The van der Waals surface area contributed by atoms with E-state index < -0.39 is 18.7 Å². The molecule has 0 fully saturated rings. The molecule has 1 aromatic carbocycles. The Morgan fingerprint density at radius 2 is 2.05 bits per heavy atom. The van der Waals surface area contributed by atoms with E-state index in [9.17, 15) is 4.79 Å². The summed E-state index contributed by atoms with van der Waals surface area (Å²) in [7, 11) is 0. The number of benzene rings is 1. The summed E-state index contributed by atoms with van der Waals surface area (Å²) in [5.74, 6) is 0.139. The molecule has 20 heavy (non-hydrogen) atoms. The third kappa shape index (κ3) is 6.17. The van der Waals surface area contributed by atoms with Crippen molar-refractivity contribution in [2.24, 2.45) is 0 Å². The van der Waals surface area contributed by atoms with Crippen LogP contribution < -0.4 is 4.74 Å². The Morgan fingerprint density at radius 3 is 2.65 bits per heavy atom. The molecule has 0 saturated carbocycles. The Balaban J connectivity index is 2.44. The lowest BCUT2D eigenvalue weighted by Crippen LogP contribution is -2.21. The van der Waals surface area contributed by atoms with Gasteiger partial charge in [-0.25, -0.2) is 4.79 Å². The fourth-order valence-electron chi connectivity index (χ4n) is 1.27. The second-order valence-electron chi connectivity index (χ2n) is 3.97. The highest BCUT2D eigenvalue weighted by Crippen LogP contribution is 2.13. The van der Waals surface area contributed by atoms with Gasteiger partial charge >= 0.3 is 5.97 Å². The van der Waals surface area contributed by atoms with E-state index >= 15 is 0 Å². The first-order valence-corrected chi connectivity index (χ1v) is 6.13.